The summed E-state index contributed by atoms with van der Waals surface area (Å²) in [6.45, 7) is 2.18. The molecule has 0 unspecified atom stereocenters. The second kappa shape index (κ2) is 3.72. The topological polar surface area (TPSA) is 12.0 Å². The molecule has 1 heterocycles. The van der Waals surface area contributed by atoms with E-state index >= 15 is 0 Å². The summed E-state index contributed by atoms with van der Waals surface area (Å²) in [6.07, 6.45) is 12.8. The van der Waals surface area contributed by atoms with Crippen LogP contribution in [-0.2, 0) is 0 Å². The first-order valence-corrected chi connectivity index (χ1v) is 4.73. The van der Waals surface area contributed by atoms with Gasteiger partial charge in [-0.05, 0) is 37.0 Å². The summed E-state index contributed by atoms with van der Waals surface area (Å²) in [7, 11) is 0. The number of allylic oxidation sites excluding steroid dienone is 4. The Bertz CT molecular complexity index is 246. The van der Waals surface area contributed by atoms with Gasteiger partial charge in [0.1, 0.15) is 0 Å². The van der Waals surface area contributed by atoms with Gasteiger partial charge in [0.05, 0.1) is 0 Å². The average Bonchev–Trinajstić information content (AvgIpc) is 2.21. The zero-order valence-electron chi connectivity index (χ0n) is 7.34. The van der Waals surface area contributed by atoms with Crippen LogP contribution < -0.4 is 5.32 Å². The summed E-state index contributed by atoms with van der Waals surface area (Å²) in [5.41, 5.74) is 2.99. The number of hydrogen-bond acceptors (Lipinski definition) is 1. The van der Waals surface area contributed by atoms with Crippen LogP contribution in [0.4, 0.5) is 0 Å². The molecule has 0 spiro atoms. The van der Waals surface area contributed by atoms with E-state index < -0.39 is 0 Å². The van der Waals surface area contributed by atoms with Crippen molar-refractivity contribution in [1.82, 2.24) is 5.32 Å². The molecule has 2 rings (SSSR count). The first-order valence-electron chi connectivity index (χ1n) is 4.73. The molecule has 0 aromatic heterocycles. The van der Waals surface area contributed by atoms with Crippen LogP contribution in [0.1, 0.15) is 19.3 Å². The zero-order valence-corrected chi connectivity index (χ0v) is 7.34. The molecule has 1 aliphatic carbocycles. The van der Waals surface area contributed by atoms with Crippen LogP contribution in [0.25, 0.3) is 0 Å². The van der Waals surface area contributed by atoms with Crippen molar-refractivity contribution in [2.75, 3.05) is 13.1 Å². The van der Waals surface area contributed by atoms with Gasteiger partial charge in [-0.15, -0.1) is 0 Å². The SMILES string of the molecule is C1=CC(C2=CCNCC2)=CCC1. The maximum atomic E-state index is 3.33. The molecular weight excluding hydrogens is 146 g/mol. The van der Waals surface area contributed by atoms with Gasteiger partial charge in [-0.2, -0.15) is 0 Å². The highest BCUT2D eigenvalue weighted by Crippen LogP contribution is 2.21. The van der Waals surface area contributed by atoms with Crippen molar-refractivity contribution < 1.29 is 0 Å². The van der Waals surface area contributed by atoms with Crippen molar-refractivity contribution in [1.29, 1.82) is 0 Å². The second-order valence-corrected chi connectivity index (χ2v) is 3.32. The van der Waals surface area contributed by atoms with Gasteiger partial charge in [0.2, 0.25) is 0 Å². The zero-order chi connectivity index (χ0) is 8.23. The van der Waals surface area contributed by atoms with Crippen LogP contribution in [0.2, 0.25) is 0 Å². The van der Waals surface area contributed by atoms with E-state index in [9.17, 15) is 0 Å². The lowest BCUT2D eigenvalue weighted by atomic mass is 9.95. The molecule has 0 amide bonds. The van der Waals surface area contributed by atoms with Gasteiger partial charge in [-0.1, -0.05) is 24.3 Å². The lowest BCUT2D eigenvalue weighted by Gasteiger charge is -2.16. The molecule has 0 radical (unpaired) electrons. The molecular formula is C11H15N. The van der Waals surface area contributed by atoms with Crippen LogP contribution in [0.3, 0.4) is 0 Å². The minimum absolute atomic E-state index is 1.04. The molecule has 0 saturated heterocycles. The van der Waals surface area contributed by atoms with Crippen LogP contribution in [-0.4, -0.2) is 13.1 Å². The molecule has 1 aliphatic heterocycles. The number of nitrogens with one attached hydrogen (secondary N) is 1. The third-order valence-electron chi connectivity index (χ3n) is 2.43. The molecule has 12 heavy (non-hydrogen) atoms. The molecule has 0 aromatic carbocycles. The van der Waals surface area contributed by atoms with Gasteiger partial charge in [0.25, 0.3) is 0 Å². The fourth-order valence-electron chi connectivity index (χ4n) is 1.74. The summed E-state index contributed by atoms with van der Waals surface area (Å²) in [5, 5.41) is 3.33. The second-order valence-electron chi connectivity index (χ2n) is 3.32. The summed E-state index contributed by atoms with van der Waals surface area (Å²) in [4.78, 5) is 0. The van der Waals surface area contributed by atoms with Crippen molar-refractivity contribution in [2.24, 2.45) is 0 Å². The largest absolute Gasteiger partial charge is 0.313 e. The van der Waals surface area contributed by atoms with E-state index in [1.165, 1.54) is 30.4 Å². The number of hydrogen-bond donors (Lipinski definition) is 1. The predicted octanol–water partition coefficient (Wildman–Crippen LogP) is 2.18. The fraction of sp³-hybridized carbons (Fsp3) is 0.455. The van der Waals surface area contributed by atoms with Crippen LogP contribution in [0, 0.1) is 0 Å². The molecule has 0 bridgehead atoms. The molecule has 0 atom stereocenters. The minimum atomic E-state index is 1.04. The summed E-state index contributed by atoms with van der Waals surface area (Å²) < 4.78 is 0. The van der Waals surface area contributed by atoms with E-state index in [1.807, 2.05) is 0 Å². The van der Waals surface area contributed by atoms with E-state index in [-0.39, 0.29) is 0 Å². The van der Waals surface area contributed by atoms with E-state index in [0.29, 0.717) is 0 Å². The van der Waals surface area contributed by atoms with E-state index in [1.54, 1.807) is 0 Å². The molecule has 0 fully saturated rings. The average molecular weight is 161 g/mol. The van der Waals surface area contributed by atoms with Gasteiger partial charge in [-0.25, -0.2) is 0 Å². The predicted molar refractivity (Wildman–Crippen MR) is 52.0 cm³/mol. The Kier molecular flexibility index (Phi) is 2.42. The van der Waals surface area contributed by atoms with Crippen molar-refractivity contribution in [2.45, 2.75) is 19.3 Å². The third kappa shape index (κ3) is 1.67. The van der Waals surface area contributed by atoms with E-state index in [2.05, 4.69) is 29.6 Å². The van der Waals surface area contributed by atoms with Crippen LogP contribution in [0.15, 0.2) is 35.5 Å². The Morgan fingerprint density at radius 2 is 2.17 bits per heavy atom. The molecule has 1 nitrogen and oxygen atoms in total. The highest BCUT2D eigenvalue weighted by Gasteiger charge is 2.06. The first-order chi connectivity index (χ1) is 5.97. The van der Waals surface area contributed by atoms with E-state index in [4.69, 9.17) is 0 Å². The van der Waals surface area contributed by atoms with Gasteiger partial charge in [-0.3, -0.25) is 0 Å². The summed E-state index contributed by atoms with van der Waals surface area (Å²) in [5.74, 6) is 0. The lowest BCUT2D eigenvalue weighted by molar-refractivity contribution is 0.708. The van der Waals surface area contributed by atoms with Gasteiger partial charge >= 0.3 is 0 Å². The Balaban J connectivity index is 2.12. The van der Waals surface area contributed by atoms with Gasteiger partial charge < -0.3 is 5.32 Å². The Hall–Kier alpha value is -0.820. The summed E-state index contributed by atoms with van der Waals surface area (Å²) in [6, 6.07) is 0. The van der Waals surface area contributed by atoms with Crippen molar-refractivity contribution in [3.63, 3.8) is 0 Å². The fourth-order valence-corrected chi connectivity index (χ4v) is 1.74. The monoisotopic (exact) mass is 161 g/mol. The quantitative estimate of drug-likeness (QED) is 0.621. The molecule has 2 aliphatic rings. The Labute approximate surface area is 73.9 Å². The maximum Gasteiger partial charge on any atom is 0.0140 e. The lowest BCUT2D eigenvalue weighted by Crippen LogP contribution is -2.21. The standard InChI is InChI=1S/C11H15N/c1-2-4-10(5-3-1)11-6-8-12-9-7-11/h2,4-6,12H,1,3,7-9H2. The minimum Gasteiger partial charge on any atom is -0.313 e. The normalized spacial score (nSPS) is 23.3. The van der Waals surface area contributed by atoms with Crippen molar-refractivity contribution >= 4 is 0 Å². The molecule has 0 saturated carbocycles. The van der Waals surface area contributed by atoms with E-state index in [0.717, 1.165) is 13.1 Å². The summed E-state index contributed by atoms with van der Waals surface area (Å²) >= 11 is 0. The van der Waals surface area contributed by atoms with Gasteiger partial charge in [0, 0.05) is 6.54 Å². The highest BCUT2D eigenvalue weighted by molar-refractivity contribution is 5.42. The number of rotatable bonds is 1. The Morgan fingerprint density at radius 1 is 1.17 bits per heavy atom. The maximum absolute atomic E-state index is 3.33. The van der Waals surface area contributed by atoms with Crippen LogP contribution >= 0.6 is 0 Å². The van der Waals surface area contributed by atoms with Crippen LogP contribution in [0.5, 0.6) is 0 Å². The van der Waals surface area contributed by atoms with Crippen molar-refractivity contribution in [3.8, 4) is 0 Å². The molecule has 1 N–H and O–H groups in total. The first kappa shape index (κ1) is 7.81. The van der Waals surface area contributed by atoms with Crippen molar-refractivity contribution in [3.05, 3.63) is 35.5 Å². The smallest absolute Gasteiger partial charge is 0.0140 e. The third-order valence-corrected chi connectivity index (χ3v) is 2.43. The van der Waals surface area contributed by atoms with Gasteiger partial charge in [0.15, 0.2) is 0 Å². The highest BCUT2D eigenvalue weighted by atomic mass is 14.8. The molecule has 0 aromatic rings. The molecule has 64 valence electrons. The molecule has 1 heteroatoms. The Morgan fingerprint density at radius 3 is 2.83 bits per heavy atom.